The van der Waals surface area contributed by atoms with Gasteiger partial charge in [-0.15, -0.1) is 5.10 Å². The largest absolute Gasteiger partial charge is 0.341 e. The van der Waals surface area contributed by atoms with Crippen molar-refractivity contribution in [2.24, 2.45) is 0 Å². The van der Waals surface area contributed by atoms with Crippen molar-refractivity contribution in [3.05, 3.63) is 17.5 Å². The van der Waals surface area contributed by atoms with E-state index in [4.69, 9.17) is 0 Å². The highest BCUT2D eigenvalue weighted by molar-refractivity contribution is 7.99. The number of urea groups is 1. The maximum atomic E-state index is 11.5. The monoisotopic (exact) mass is 294 g/mol. The van der Waals surface area contributed by atoms with E-state index in [9.17, 15) is 9.59 Å². The molecule has 0 radical (unpaired) electrons. The Bertz CT molecular complexity index is 668. The number of fused-ring (bicyclic) bond motifs is 1. The van der Waals surface area contributed by atoms with Gasteiger partial charge in [0.05, 0.1) is 5.75 Å². The predicted octanol–water partition coefficient (Wildman–Crippen LogP) is 0.289. The van der Waals surface area contributed by atoms with Gasteiger partial charge in [0.1, 0.15) is 0 Å². The number of hydrogen-bond donors (Lipinski definition) is 2. The van der Waals surface area contributed by atoms with Crippen LogP contribution in [0, 0.1) is 13.8 Å². The van der Waals surface area contributed by atoms with Crippen LogP contribution in [0.4, 0.5) is 4.79 Å². The van der Waals surface area contributed by atoms with Gasteiger partial charge in [-0.25, -0.2) is 14.3 Å². The van der Waals surface area contributed by atoms with Crippen LogP contribution in [0.3, 0.4) is 0 Å². The van der Waals surface area contributed by atoms with Crippen molar-refractivity contribution in [2.75, 3.05) is 12.8 Å². The molecule has 0 aromatic carbocycles. The molecule has 0 saturated heterocycles. The smallest absolute Gasteiger partial charge is 0.321 e. The first kappa shape index (κ1) is 14.3. The highest BCUT2D eigenvalue weighted by Crippen LogP contribution is 2.14. The molecule has 9 heteroatoms. The molecular formula is C11H14N6O2S. The van der Waals surface area contributed by atoms with Gasteiger partial charge in [0.2, 0.25) is 11.1 Å². The molecule has 0 bridgehead atoms. The SMILES string of the molecule is CNC(=O)NC(=O)CSc1nc2nc(C)cc(C)n2n1. The summed E-state index contributed by atoms with van der Waals surface area (Å²) in [5.41, 5.74) is 1.78. The summed E-state index contributed by atoms with van der Waals surface area (Å²) in [7, 11) is 1.44. The van der Waals surface area contributed by atoms with Gasteiger partial charge >= 0.3 is 6.03 Å². The minimum absolute atomic E-state index is 0.0579. The molecule has 3 amide bonds. The van der Waals surface area contributed by atoms with Gasteiger partial charge < -0.3 is 5.32 Å². The van der Waals surface area contributed by atoms with E-state index in [1.807, 2.05) is 19.9 Å². The average Bonchev–Trinajstić information content (AvgIpc) is 2.79. The summed E-state index contributed by atoms with van der Waals surface area (Å²) in [6, 6.07) is 1.36. The molecule has 0 spiro atoms. The summed E-state index contributed by atoms with van der Waals surface area (Å²) in [6.45, 7) is 3.79. The van der Waals surface area contributed by atoms with E-state index in [0.717, 1.165) is 23.1 Å². The molecule has 0 unspecified atom stereocenters. The summed E-state index contributed by atoms with van der Waals surface area (Å²) < 4.78 is 1.62. The molecule has 0 saturated carbocycles. The van der Waals surface area contributed by atoms with Crippen LogP contribution in [0.25, 0.3) is 5.78 Å². The summed E-state index contributed by atoms with van der Waals surface area (Å²) in [5, 5.41) is 9.16. The minimum atomic E-state index is -0.535. The van der Waals surface area contributed by atoms with Crippen LogP contribution in [-0.2, 0) is 4.79 Å². The quantitative estimate of drug-likeness (QED) is 0.789. The third-order valence-corrected chi connectivity index (χ3v) is 3.25. The van der Waals surface area contributed by atoms with Crippen LogP contribution in [-0.4, -0.2) is 44.3 Å². The van der Waals surface area contributed by atoms with Crippen molar-refractivity contribution >= 4 is 29.5 Å². The number of aromatic nitrogens is 4. The van der Waals surface area contributed by atoms with E-state index in [0.29, 0.717) is 10.9 Å². The number of nitrogens with zero attached hydrogens (tertiary/aromatic N) is 4. The Morgan fingerprint density at radius 2 is 2.10 bits per heavy atom. The summed E-state index contributed by atoms with van der Waals surface area (Å²) in [5.74, 6) is 0.147. The van der Waals surface area contributed by atoms with Crippen LogP contribution < -0.4 is 10.6 Å². The van der Waals surface area contributed by atoms with Gasteiger partial charge in [-0.05, 0) is 19.9 Å². The molecule has 20 heavy (non-hydrogen) atoms. The second-order valence-corrected chi connectivity index (χ2v) is 5.00. The Morgan fingerprint density at radius 1 is 1.35 bits per heavy atom. The predicted molar refractivity (Wildman–Crippen MR) is 73.6 cm³/mol. The van der Waals surface area contributed by atoms with Gasteiger partial charge in [0.15, 0.2) is 0 Å². The summed E-state index contributed by atoms with van der Waals surface area (Å²) in [6.07, 6.45) is 0. The molecule has 0 aliphatic rings. The molecule has 0 aliphatic heterocycles. The van der Waals surface area contributed by atoms with E-state index >= 15 is 0 Å². The minimum Gasteiger partial charge on any atom is -0.341 e. The van der Waals surface area contributed by atoms with Crippen molar-refractivity contribution in [2.45, 2.75) is 19.0 Å². The normalized spacial score (nSPS) is 10.6. The standard InChI is InChI=1S/C11H14N6O2S/c1-6-4-7(2)17-9(13-6)15-11(16-17)20-5-8(18)14-10(19)12-3/h4H,5H2,1-3H3,(H2,12,14,18,19). The van der Waals surface area contributed by atoms with Crippen molar-refractivity contribution in [3.8, 4) is 0 Å². The molecule has 2 aromatic heterocycles. The summed E-state index contributed by atoms with van der Waals surface area (Å²) >= 11 is 1.15. The van der Waals surface area contributed by atoms with Crippen molar-refractivity contribution in [3.63, 3.8) is 0 Å². The van der Waals surface area contributed by atoms with Crippen LogP contribution in [0.1, 0.15) is 11.4 Å². The first-order valence-corrected chi connectivity index (χ1v) is 6.83. The number of carbonyl (C=O) groups excluding carboxylic acids is 2. The Kier molecular flexibility index (Phi) is 4.18. The number of imide groups is 1. The highest BCUT2D eigenvalue weighted by Gasteiger charge is 2.11. The first-order valence-electron chi connectivity index (χ1n) is 5.85. The fraction of sp³-hybridized carbons (Fsp3) is 0.364. The molecule has 0 aliphatic carbocycles. The Labute approximate surface area is 119 Å². The lowest BCUT2D eigenvalue weighted by Gasteiger charge is -2.00. The lowest BCUT2D eigenvalue weighted by molar-refractivity contribution is -0.117. The lowest BCUT2D eigenvalue weighted by Crippen LogP contribution is -2.38. The number of rotatable bonds is 3. The number of thioether (sulfide) groups is 1. The first-order chi connectivity index (χ1) is 9.49. The second kappa shape index (κ2) is 5.87. The fourth-order valence-corrected chi connectivity index (χ4v) is 2.18. The third-order valence-electron chi connectivity index (χ3n) is 2.41. The van der Waals surface area contributed by atoms with E-state index in [-0.39, 0.29) is 5.75 Å². The molecule has 2 rings (SSSR count). The van der Waals surface area contributed by atoms with Crippen LogP contribution in [0.2, 0.25) is 0 Å². The molecule has 2 heterocycles. The maximum Gasteiger partial charge on any atom is 0.321 e. The topological polar surface area (TPSA) is 101 Å². The summed E-state index contributed by atoms with van der Waals surface area (Å²) in [4.78, 5) is 30.9. The van der Waals surface area contributed by atoms with Gasteiger partial charge in [-0.1, -0.05) is 11.8 Å². The van der Waals surface area contributed by atoms with Crippen molar-refractivity contribution in [1.82, 2.24) is 30.2 Å². The van der Waals surface area contributed by atoms with Gasteiger partial charge in [0.25, 0.3) is 5.78 Å². The van der Waals surface area contributed by atoms with Crippen LogP contribution in [0.5, 0.6) is 0 Å². The van der Waals surface area contributed by atoms with Gasteiger partial charge in [-0.3, -0.25) is 10.1 Å². The van der Waals surface area contributed by atoms with E-state index in [1.165, 1.54) is 7.05 Å². The molecule has 0 fully saturated rings. The Balaban J connectivity index is 2.05. The van der Waals surface area contributed by atoms with E-state index < -0.39 is 11.9 Å². The molecular weight excluding hydrogens is 280 g/mol. The number of hydrogen-bond acceptors (Lipinski definition) is 6. The molecule has 0 atom stereocenters. The molecule has 2 aromatic rings. The Morgan fingerprint density at radius 3 is 2.80 bits per heavy atom. The van der Waals surface area contributed by atoms with Gasteiger partial charge in [-0.2, -0.15) is 4.98 Å². The zero-order chi connectivity index (χ0) is 14.7. The second-order valence-electron chi connectivity index (χ2n) is 4.06. The number of amides is 3. The molecule has 2 N–H and O–H groups in total. The third kappa shape index (κ3) is 3.23. The zero-order valence-corrected chi connectivity index (χ0v) is 12.1. The molecule has 106 valence electrons. The van der Waals surface area contributed by atoms with Crippen LogP contribution >= 0.6 is 11.8 Å². The maximum absolute atomic E-state index is 11.5. The van der Waals surface area contributed by atoms with Crippen molar-refractivity contribution in [1.29, 1.82) is 0 Å². The number of aryl methyl sites for hydroxylation is 2. The number of nitrogens with one attached hydrogen (secondary N) is 2. The molecule has 8 nitrogen and oxygen atoms in total. The van der Waals surface area contributed by atoms with Crippen LogP contribution in [0.15, 0.2) is 11.2 Å². The van der Waals surface area contributed by atoms with E-state index in [2.05, 4.69) is 25.7 Å². The fourth-order valence-electron chi connectivity index (χ4n) is 1.56. The average molecular weight is 294 g/mol. The lowest BCUT2D eigenvalue weighted by atomic mass is 10.4. The number of carbonyl (C=O) groups is 2. The Hall–Kier alpha value is -2.16. The van der Waals surface area contributed by atoms with E-state index in [1.54, 1.807) is 4.52 Å². The highest BCUT2D eigenvalue weighted by atomic mass is 32.2. The van der Waals surface area contributed by atoms with Crippen molar-refractivity contribution < 1.29 is 9.59 Å². The zero-order valence-electron chi connectivity index (χ0n) is 11.3. The van der Waals surface area contributed by atoms with Gasteiger partial charge in [0, 0.05) is 18.4 Å².